The molecule has 0 saturated carbocycles. The molecule has 0 aromatic heterocycles. The van der Waals surface area contributed by atoms with Crippen LogP contribution in [0.5, 0.6) is 11.5 Å². The van der Waals surface area contributed by atoms with Crippen molar-refractivity contribution >= 4 is 0 Å². The summed E-state index contributed by atoms with van der Waals surface area (Å²) in [6.07, 6.45) is 0.982. The minimum Gasteiger partial charge on any atom is -0.493 e. The molecule has 1 aromatic rings. The molecule has 17 heavy (non-hydrogen) atoms. The Morgan fingerprint density at radius 3 is 2.59 bits per heavy atom. The summed E-state index contributed by atoms with van der Waals surface area (Å²) in [7, 11) is 1.65. The zero-order valence-electron chi connectivity index (χ0n) is 10.6. The van der Waals surface area contributed by atoms with Gasteiger partial charge in [0.05, 0.1) is 20.3 Å². The van der Waals surface area contributed by atoms with Crippen LogP contribution in [-0.2, 0) is 11.2 Å². The van der Waals surface area contributed by atoms with E-state index in [1.807, 2.05) is 18.2 Å². The molecule has 0 fully saturated rings. The van der Waals surface area contributed by atoms with Crippen molar-refractivity contribution in [3.63, 3.8) is 0 Å². The number of rotatable bonds is 8. The average molecular weight is 239 g/mol. The molecule has 0 unspecified atom stereocenters. The van der Waals surface area contributed by atoms with Crippen molar-refractivity contribution in [1.29, 1.82) is 0 Å². The lowest BCUT2D eigenvalue weighted by Gasteiger charge is -2.11. The zero-order chi connectivity index (χ0) is 12.5. The molecule has 0 aliphatic heterocycles. The van der Waals surface area contributed by atoms with Gasteiger partial charge in [-0.25, -0.2) is 0 Å². The summed E-state index contributed by atoms with van der Waals surface area (Å²) in [5.41, 5.74) is 6.54. The third-order valence-electron chi connectivity index (χ3n) is 2.38. The minimum atomic E-state index is 0.502. The average Bonchev–Trinajstić information content (AvgIpc) is 2.38. The van der Waals surface area contributed by atoms with E-state index in [9.17, 15) is 0 Å². The van der Waals surface area contributed by atoms with Gasteiger partial charge >= 0.3 is 0 Å². The lowest BCUT2D eigenvalue weighted by atomic mass is 10.1. The highest BCUT2D eigenvalue weighted by molar-refractivity contribution is 5.42. The number of ether oxygens (including phenoxy) is 3. The first kappa shape index (κ1) is 13.8. The van der Waals surface area contributed by atoms with E-state index in [-0.39, 0.29) is 0 Å². The second-order valence-corrected chi connectivity index (χ2v) is 3.59. The number of hydrogen-bond donors (Lipinski definition) is 1. The second-order valence-electron chi connectivity index (χ2n) is 3.59. The number of benzene rings is 1. The lowest BCUT2D eigenvalue weighted by molar-refractivity contribution is 0.104. The molecule has 0 aliphatic carbocycles. The largest absolute Gasteiger partial charge is 0.493 e. The van der Waals surface area contributed by atoms with Gasteiger partial charge in [-0.2, -0.15) is 0 Å². The molecular weight excluding hydrogens is 218 g/mol. The van der Waals surface area contributed by atoms with Crippen LogP contribution >= 0.6 is 0 Å². The van der Waals surface area contributed by atoms with E-state index in [0.717, 1.165) is 17.9 Å². The summed E-state index contributed by atoms with van der Waals surface area (Å²) < 4.78 is 16.1. The highest BCUT2D eigenvalue weighted by Gasteiger charge is 2.04. The van der Waals surface area contributed by atoms with Crippen LogP contribution in [0.25, 0.3) is 0 Å². The Labute approximate surface area is 103 Å². The topological polar surface area (TPSA) is 53.7 Å². The van der Waals surface area contributed by atoms with Crippen LogP contribution in [0, 0.1) is 0 Å². The van der Waals surface area contributed by atoms with Crippen molar-refractivity contribution in [2.45, 2.75) is 13.3 Å². The van der Waals surface area contributed by atoms with E-state index in [2.05, 4.69) is 6.92 Å². The van der Waals surface area contributed by atoms with E-state index >= 15 is 0 Å². The van der Waals surface area contributed by atoms with Crippen LogP contribution in [0.2, 0.25) is 0 Å². The maximum absolute atomic E-state index is 5.58. The molecule has 0 spiro atoms. The van der Waals surface area contributed by atoms with Gasteiger partial charge in [0, 0.05) is 6.54 Å². The van der Waals surface area contributed by atoms with Gasteiger partial charge in [0.15, 0.2) is 11.5 Å². The standard InChI is InChI=1S/C13H21NO3/c1-3-11-4-5-12(13(10-11)15-2)17-9-8-16-7-6-14/h4-5,10H,3,6-9,14H2,1-2H3. The SMILES string of the molecule is CCc1ccc(OCCOCCN)c(OC)c1. The van der Waals surface area contributed by atoms with Gasteiger partial charge in [-0.05, 0) is 24.1 Å². The van der Waals surface area contributed by atoms with E-state index in [1.165, 1.54) is 5.56 Å². The molecular formula is C13H21NO3. The summed E-state index contributed by atoms with van der Waals surface area (Å²) in [5.74, 6) is 1.52. The minimum absolute atomic E-state index is 0.502. The van der Waals surface area contributed by atoms with Crippen LogP contribution in [0.4, 0.5) is 0 Å². The first-order valence-electron chi connectivity index (χ1n) is 5.89. The van der Waals surface area contributed by atoms with Gasteiger partial charge in [-0.3, -0.25) is 0 Å². The monoisotopic (exact) mass is 239 g/mol. The molecule has 4 nitrogen and oxygen atoms in total. The van der Waals surface area contributed by atoms with Gasteiger partial charge in [-0.1, -0.05) is 13.0 Å². The molecule has 1 aromatic carbocycles. The number of hydrogen-bond acceptors (Lipinski definition) is 4. The molecule has 4 heteroatoms. The summed E-state index contributed by atoms with van der Waals surface area (Å²) in [6.45, 7) is 4.25. The molecule has 2 N–H and O–H groups in total. The van der Waals surface area contributed by atoms with Crippen molar-refractivity contribution in [2.24, 2.45) is 5.73 Å². The first-order valence-corrected chi connectivity index (χ1v) is 5.89. The Morgan fingerprint density at radius 1 is 1.12 bits per heavy atom. The predicted octanol–water partition coefficient (Wildman–Crippen LogP) is 1.61. The number of methoxy groups -OCH3 is 1. The second kappa shape index (κ2) is 7.92. The maximum Gasteiger partial charge on any atom is 0.161 e. The molecule has 0 atom stereocenters. The van der Waals surface area contributed by atoms with E-state index in [1.54, 1.807) is 7.11 Å². The van der Waals surface area contributed by atoms with Crippen molar-refractivity contribution in [2.75, 3.05) is 33.5 Å². The van der Waals surface area contributed by atoms with Crippen LogP contribution < -0.4 is 15.2 Å². The van der Waals surface area contributed by atoms with Gasteiger partial charge < -0.3 is 19.9 Å². The summed E-state index contributed by atoms with van der Waals surface area (Å²) >= 11 is 0. The lowest BCUT2D eigenvalue weighted by Crippen LogP contribution is -2.13. The molecule has 1 rings (SSSR count). The Kier molecular flexibility index (Phi) is 6.43. The molecule has 0 heterocycles. The third kappa shape index (κ3) is 4.63. The van der Waals surface area contributed by atoms with E-state index in [4.69, 9.17) is 19.9 Å². The molecule has 96 valence electrons. The van der Waals surface area contributed by atoms with Crippen molar-refractivity contribution in [3.8, 4) is 11.5 Å². The van der Waals surface area contributed by atoms with Gasteiger partial charge in [0.25, 0.3) is 0 Å². The fourth-order valence-corrected chi connectivity index (χ4v) is 1.45. The van der Waals surface area contributed by atoms with Crippen LogP contribution in [-0.4, -0.2) is 33.5 Å². The quantitative estimate of drug-likeness (QED) is 0.700. The summed E-state index contributed by atoms with van der Waals surface area (Å²) in [4.78, 5) is 0. The fourth-order valence-electron chi connectivity index (χ4n) is 1.45. The van der Waals surface area contributed by atoms with Gasteiger partial charge in [0.1, 0.15) is 6.61 Å². The van der Waals surface area contributed by atoms with Crippen molar-refractivity contribution < 1.29 is 14.2 Å². The Morgan fingerprint density at radius 2 is 1.94 bits per heavy atom. The van der Waals surface area contributed by atoms with Crippen LogP contribution in [0.3, 0.4) is 0 Å². The van der Waals surface area contributed by atoms with E-state index in [0.29, 0.717) is 26.4 Å². The number of nitrogens with two attached hydrogens (primary N) is 1. The van der Waals surface area contributed by atoms with Crippen LogP contribution in [0.15, 0.2) is 18.2 Å². The molecule has 0 aliphatic rings. The molecule has 0 saturated heterocycles. The molecule has 0 amide bonds. The Hall–Kier alpha value is -1.26. The smallest absolute Gasteiger partial charge is 0.161 e. The third-order valence-corrected chi connectivity index (χ3v) is 2.38. The highest BCUT2D eigenvalue weighted by atomic mass is 16.5. The van der Waals surface area contributed by atoms with Gasteiger partial charge in [0.2, 0.25) is 0 Å². The molecule has 0 radical (unpaired) electrons. The molecule has 0 bridgehead atoms. The van der Waals surface area contributed by atoms with E-state index < -0.39 is 0 Å². The van der Waals surface area contributed by atoms with Crippen LogP contribution in [0.1, 0.15) is 12.5 Å². The van der Waals surface area contributed by atoms with Crippen molar-refractivity contribution in [3.05, 3.63) is 23.8 Å². The summed E-state index contributed by atoms with van der Waals surface area (Å²) in [5, 5.41) is 0. The first-order chi connectivity index (χ1) is 8.31. The van der Waals surface area contributed by atoms with Crippen molar-refractivity contribution in [1.82, 2.24) is 0 Å². The Balaban J connectivity index is 2.46. The maximum atomic E-state index is 5.58. The summed E-state index contributed by atoms with van der Waals surface area (Å²) in [6, 6.07) is 5.97. The Bertz CT molecular complexity index is 328. The fraction of sp³-hybridized carbons (Fsp3) is 0.538. The predicted molar refractivity (Wildman–Crippen MR) is 67.7 cm³/mol. The normalized spacial score (nSPS) is 10.3. The highest BCUT2D eigenvalue weighted by Crippen LogP contribution is 2.28. The zero-order valence-corrected chi connectivity index (χ0v) is 10.6. The van der Waals surface area contributed by atoms with Gasteiger partial charge in [-0.15, -0.1) is 0 Å². The number of aryl methyl sites for hydroxylation is 1.